The minimum atomic E-state index is -0.131. The van der Waals surface area contributed by atoms with Crippen molar-refractivity contribution in [3.8, 4) is 5.82 Å². The molecular formula is C19H23N9O2. The third-order valence-electron chi connectivity index (χ3n) is 5.11. The van der Waals surface area contributed by atoms with Gasteiger partial charge in [0.2, 0.25) is 5.91 Å². The fourth-order valence-electron chi connectivity index (χ4n) is 3.45. The van der Waals surface area contributed by atoms with Gasteiger partial charge in [0.25, 0.3) is 5.56 Å². The maximum atomic E-state index is 12.4. The summed E-state index contributed by atoms with van der Waals surface area (Å²) in [6, 6.07) is 6.85. The molecule has 0 atom stereocenters. The molecule has 0 spiro atoms. The van der Waals surface area contributed by atoms with Crippen molar-refractivity contribution in [1.29, 1.82) is 0 Å². The van der Waals surface area contributed by atoms with Gasteiger partial charge >= 0.3 is 0 Å². The lowest BCUT2D eigenvalue weighted by Crippen LogP contribution is -2.41. The summed E-state index contributed by atoms with van der Waals surface area (Å²) in [7, 11) is 0. The summed E-state index contributed by atoms with van der Waals surface area (Å²) in [4.78, 5) is 30.1. The molecule has 11 nitrogen and oxygen atoms in total. The number of carbonyl (C=O) groups is 1. The molecule has 1 fully saturated rings. The van der Waals surface area contributed by atoms with E-state index in [1.54, 1.807) is 23.3 Å². The van der Waals surface area contributed by atoms with E-state index in [9.17, 15) is 9.59 Å². The molecule has 1 saturated heterocycles. The molecule has 0 saturated carbocycles. The van der Waals surface area contributed by atoms with Gasteiger partial charge in [-0.1, -0.05) is 0 Å². The lowest BCUT2D eigenvalue weighted by Gasteiger charge is -2.31. The first-order chi connectivity index (χ1) is 14.7. The number of aryl methyl sites for hydroxylation is 1. The van der Waals surface area contributed by atoms with E-state index in [0.29, 0.717) is 25.3 Å². The number of anilines is 1. The molecular weight excluding hydrogens is 386 g/mol. The Balaban J connectivity index is 1.21. The van der Waals surface area contributed by atoms with Gasteiger partial charge in [-0.15, -0.1) is 10.2 Å². The number of aromatic nitrogens is 7. The molecule has 1 aliphatic heterocycles. The molecule has 0 aromatic carbocycles. The van der Waals surface area contributed by atoms with Gasteiger partial charge in [-0.3, -0.25) is 9.59 Å². The van der Waals surface area contributed by atoms with E-state index in [0.717, 1.165) is 31.7 Å². The van der Waals surface area contributed by atoms with Crippen molar-refractivity contribution < 1.29 is 4.79 Å². The molecule has 4 heterocycles. The monoisotopic (exact) mass is 409 g/mol. The number of rotatable bonds is 7. The molecule has 0 unspecified atom stereocenters. The van der Waals surface area contributed by atoms with Crippen LogP contribution in [0.3, 0.4) is 0 Å². The molecule has 1 amide bonds. The summed E-state index contributed by atoms with van der Waals surface area (Å²) in [5.41, 5.74) is -0.131. The van der Waals surface area contributed by atoms with Crippen LogP contribution in [0.1, 0.15) is 19.3 Å². The topological polar surface area (TPSA) is 124 Å². The van der Waals surface area contributed by atoms with Gasteiger partial charge in [-0.25, -0.2) is 14.3 Å². The predicted octanol–water partition coefficient (Wildman–Crippen LogP) is 0.0369. The standard InChI is InChI=1S/C19H23N9O2/c29-18-3-1-9-22-27(18)10-2-8-21-19(30)15-6-11-26(12-7-15)16-4-5-17(25-24-16)28-14-20-13-23-28/h1,3-5,9,13-15H,2,6-8,10-12H2,(H,21,30). The van der Waals surface area contributed by atoms with Gasteiger partial charge < -0.3 is 10.2 Å². The first kappa shape index (κ1) is 19.7. The Morgan fingerprint density at radius 2 is 1.90 bits per heavy atom. The van der Waals surface area contributed by atoms with Gasteiger partial charge in [0, 0.05) is 44.4 Å². The zero-order chi connectivity index (χ0) is 20.8. The summed E-state index contributed by atoms with van der Waals surface area (Å²) in [6.07, 6.45) is 6.79. The van der Waals surface area contributed by atoms with Crippen molar-refractivity contribution >= 4 is 11.7 Å². The number of carbonyl (C=O) groups excluding carboxylic acids is 1. The highest BCUT2D eigenvalue weighted by atomic mass is 16.2. The van der Waals surface area contributed by atoms with Crippen molar-refractivity contribution in [2.24, 2.45) is 5.92 Å². The normalized spacial score (nSPS) is 14.6. The van der Waals surface area contributed by atoms with Crippen molar-refractivity contribution in [3.63, 3.8) is 0 Å². The largest absolute Gasteiger partial charge is 0.356 e. The third kappa shape index (κ3) is 4.67. The fourth-order valence-corrected chi connectivity index (χ4v) is 3.45. The first-order valence-corrected chi connectivity index (χ1v) is 9.94. The second kappa shape index (κ2) is 9.25. The minimum Gasteiger partial charge on any atom is -0.356 e. The number of hydrogen-bond donors (Lipinski definition) is 1. The summed E-state index contributed by atoms with van der Waals surface area (Å²) >= 11 is 0. The lowest BCUT2D eigenvalue weighted by atomic mass is 9.96. The van der Waals surface area contributed by atoms with Crippen molar-refractivity contribution in [1.82, 2.24) is 40.1 Å². The van der Waals surface area contributed by atoms with Crippen LogP contribution < -0.4 is 15.8 Å². The Kier molecular flexibility index (Phi) is 6.06. The number of amides is 1. The maximum absolute atomic E-state index is 12.4. The molecule has 0 radical (unpaired) electrons. The molecule has 30 heavy (non-hydrogen) atoms. The minimum absolute atomic E-state index is 0.0128. The highest BCUT2D eigenvalue weighted by Gasteiger charge is 2.25. The van der Waals surface area contributed by atoms with Gasteiger partial charge in [0.1, 0.15) is 12.7 Å². The van der Waals surface area contributed by atoms with Crippen LogP contribution in [-0.2, 0) is 11.3 Å². The quantitative estimate of drug-likeness (QED) is 0.543. The molecule has 3 aromatic rings. The molecule has 0 bridgehead atoms. The average molecular weight is 409 g/mol. The lowest BCUT2D eigenvalue weighted by molar-refractivity contribution is -0.125. The van der Waals surface area contributed by atoms with E-state index >= 15 is 0 Å². The van der Waals surface area contributed by atoms with Crippen LogP contribution in [0.2, 0.25) is 0 Å². The van der Waals surface area contributed by atoms with Gasteiger partial charge in [0.05, 0.1) is 0 Å². The first-order valence-electron chi connectivity index (χ1n) is 9.94. The third-order valence-corrected chi connectivity index (χ3v) is 5.11. The van der Waals surface area contributed by atoms with Crippen molar-refractivity contribution in [3.05, 3.63) is 53.5 Å². The molecule has 1 aliphatic rings. The molecule has 156 valence electrons. The van der Waals surface area contributed by atoms with Gasteiger partial charge in [0.15, 0.2) is 11.6 Å². The summed E-state index contributed by atoms with van der Waals surface area (Å²) in [5, 5.41) is 19.5. The van der Waals surface area contributed by atoms with Crippen LogP contribution in [0.5, 0.6) is 0 Å². The fraction of sp³-hybridized carbons (Fsp3) is 0.421. The van der Waals surface area contributed by atoms with Crippen LogP contribution in [-0.4, -0.2) is 60.3 Å². The molecule has 3 aromatic heterocycles. The molecule has 11 heteroatoms. The Bertz CT molecular complexity index is 1010. The SMILES string of the molecule is O=C(NCCCn1ncccc1=O)C1CCN(c2ccc(-n3cncn3)nn2)CC1. The van der Waals surface area contributed by atoms with Gasteiger partial charge in [-0.05, 0) is 37.5 Å². The van der Waals surface area contributed by atoms with Crippen LogP contribution in [0.15, 0.2) is 47.9 Å². The van der Waals surface area contributed by atoms with E-state index in [-0.39, 0.29) is 17.4 Å². The average Bonchev–Trinajstić information content (AvgIpc) is 3.33. The van der Waals surface area contributed by atoms with Crippen LogP contribution >= 0.6 is 0 Å². The zero-order valence-electron chi connectivity index (χ0n) is 16.5. The summed E-state index contributed by atoms with van der Waals surface area (Å²) in [6.45, 7) is 2.51. The summed E-state index contributed by atoms with van der Waals surface area (Å²) < 4.78 is 2.96. The predicted molar refractivity (Wildman–Crippen MR) is 108 cm³/mol. The van der Waals surface area contributed by atoms with E-state index in [1.165, 1.54) is 17.1 Å². The number of nitrogens with one attached hydrogen (secondary N) is 1. The molecule has 4 rings (SSSR count). The van der Waals surface area contributed by atoms with E-state index < -0.39 is 0 Å². The van der Waals surface area contributed by atoms with Crippen molar-refractivity contribution in [2.75, 3.05) is 24.5 Å². The van der Waals surface area contributed by atoms with E-state index in [1.807, 2.05) is 12.1 Å². The smallest absolute Gasteiger partial charge is 0.266 e. The Labute approximate surface area is 172 Å². The number of nitrogens with zero attached hydrogens (tertiary/aromatic N) is 8. The van der Waals surface area contributed by atoms with Gasteiger partial charge in [-0.2, -0.15) is 10.2 Å². The number of piperidine rings is 1. The number of hydrogen-bond acceptors (Lipinski definition) is 8. The van der Waals surface area contributed by atoms with E-state index in [4.69, 9.17) is 0 Å². The Morgan fingerprint density at radius 3 is 2.60 bits per heavy atom. The second-order valence-electron chi connectivity index (χ2n) is 7.08. The zero-order valence-corrected chi connectivity index (χ0v) is 16.5. The summed E-state index contributed by atoms with van der Waals surface area (Å²) in [5.74, 6) is 1.45. The Morgan fingerprint density at radius 1 is 1.10 bits per heavy atom. The van der Waals surface area contributed by atoms with Crippen LogP contribution in [0, 0.1) is 5.92 Å². The van der Waals surface area contributed by atoms with Crippen molar-refractivity contribution in [2.45, 2.75) is 25.8 Å². The highest BCUT2D eigenvalue weighted by molar-refractivity contribution is 5.78. The maximum Gasteiger partial charge on any atom is 0.266 e. The van der Waals surface area contributed by atoms with Crippen LogP contribution in [0.4, 0.5) is 5.82 Å². The van der Waals surface area contributed by atoms with Crippen LogP contribution in [0.25, 0.3) is 5.82 Å². The highest BCUT2D eigenvalue weighted by Crippen LogP contribution is 2.21. The second-order valence-corrected chi connectivity index (χ2v) is 7.08. The molecule has 0 aliphatic carbocycles. The molecule has 1 N–H and O–H groups in total. The Hall–Kier alpha value is -3.63. The van der Waals surface area contributed by atoms with E-state index in [2.05, 4.69) is 35.6 Å².